The van der Waals surface area contributed by atoms with Gasteiger partial charge in [-0.15, -0.1) is 0 Å². The van der Waals surface area contributed by atoms with E-state index in [1.54, 1.807) is 7.11 Å². The molecule has 2 aliphatic heterocycles. The average molecular weight is 546 g/mol. The summed E-state index contributed by atoms with van der Waals surface area (Å²) in [6.07, 6.45) is 4.74. The van der Waals surface area contributed by atoms with Crippen LogP contribution in [-0.2, 0) is 14.3 Å². The second-order valence-corrected chi connectivity index (χ2v) is 10.8. The number of methoxy groups -OCH3 is 1. The predicted molar refractivity (Wildman–Crippen MR) is 148 cm³/mol. The zero-order chi connectivity index (χ0) is 27.8. The Labute approximate surface area is 234 Å². The summed E-state index contributed by atoms with van der Waals surface area (Å²) in [5.41, 5.74) is 4.48. The SMILES string of the molecule is CCOc1ccc(C2CC(=O)C3=C(C2)NC(C)=C(C(=O)OC2CCCC2)C3c2ccc3c(c2)OCO3)cc1OC. The highest BCUT2D eigenvalue weighted by Crippen LogP contribution is 2.48. The maximum Gasteiger partial charge on any atom is 0.337 e. The Kier molecular flexibility index (Phi) is 7.17. The lowest BCUT2D eigenvalue weighted by Gasteiger charge is -2.37. The molecule has 2 heterocycles. The normalized spacial score (nSPS) is 22.2. The van der Waals surface area contributed by atoms with Gasteiger partial charge >= 0.3 is 5.97 Å². The lowest BCUT2D eigenvalue weighted by atomic mass is 9.71. The minimum absolute atomic E-state index is 0.00735. The van der Waals surface area contributed by atoms with Gasteiger partial charge in [0.15, 0.2) is 28.8 Å². The molecule has 8 nitrogen and oxygen atoms in total. The first-order valence-electron chi connectivity index (χ1n) is 14.1. The number of nitrogens with one attached hydrogen (secondary N) is 1. The third kappa shape index (κ3) is 4.80. The standard InChI is InChI=1S/C32H35NO7/c1-4-37-25-11-9-19(15-27(25)36-3)21-13-23-31(24(34)14-21)30(20-10-12-26-28(16-20)39-17-38-26)29(18(2)33-23)32(35)40-22-7-5-6-8-22/h9-12,15-16,21-22,30,33H,4-8,13-14,17H2,1-3H3. The zero-order valence-electron chi connectivity index (χ0n) is 23.2. The van der Waals surface area contributed by atoms with Gasteiger partial charge in [-0.2, -0.15) is 0 Å². The van der Waals surface area contributed by atoms with E-state index in [-0.39, 0.29) is 30.6 Å². The topological polar surface area (TPSA) is 92.3 Å². The van der Waals surface area contributed by atoms with Crippen molar-refractivity contribution in [2.24, 2.45) is 0 Å². The van der Waals surface area contributed by atoms with Gasteiger partial charge in [-0.1, -0.05) is 12.1 Å². The van der Waals surface area contributed by atoms with Gasteiger partial charge in [-0.3, -0.25) is 4.79 Å². The highest BCUT2D eigenvalue weighted by Gasteiger charge is 2.42. The molecule has 0 saturated heterocycles. The number of Topliss-reactive ketones (excluding diaryl/α,β-unsaturated/α-hetero) is 1. The fourth-order valence-corrected chi connectivity index (χ4v) is 6.41. The van der Waals surface area contributed by atoms with Crippen LogP contribution in [0, 0.1) is 0 Å². The largest absolute Gasteiger partial charge is 0.493 e. The van der Waals surface area contributed by atoms with E-state index in [0.717, 1.165) is 42.5 Å². The molecule has 2 aromatic carbocycles. The maximum atomic E-state index is 14.0. The number of hydrogen-bond donors (Lipinski definition) is 1. The van der Waals surface area contributed by atoms with Crippen LogP contribution >= 0.6 is 0 Å². The number of carbonyl (C=O) groups is 2. The molecule has 0 spiro atoms. The Morgan fingerprint density at radius 3 is 2.55 bits per heavy atom. The van der Waals surface area contributed by atoms with Crippen molar-refractivity contribution in [1.29, 1.82) is 0 Å². The molecule has 0 radical (unpaired) electrons. The van der Waals surface area contributed by atoms with E-state index in [9.17, 15) is 9.59 Å². The van der Waals surface area contributed by atoms with Crippen LogP contribution in [0.15, 0.2) is 58.9 Å². The number of ether oxygens (including phenoxy) is 5. The number of ketones is 1. The molecular formula is C32H35NO7. The summed E-state index contributed by atoms with van der Waals surface area (Å²) in [5.74, 6) is 1.64. The number of esters is 1. The Balaban J connectivity index is 1.37. The van der Waals surface area contributed by atoms with Crippen LogP contribution in [-0.4, -0.2) is 38.4 Å². The van der Waals surface area contributed by atoms with Crippen molar-refractivity contribution in [2.45, 2.75) is 70.3 Å². The molecule has 0 bridgehead atoms. The van der Waals surface area contributed by atoms with Crippen molar-refractivity contribution in [1.82, 2.24) is 5.32 Å². The second-order valence-electron chi connectivity index (χ2n) is 10.8. The molecule has 2 aliphatic carbocycles. The number of dihydropyridines is 1. The van der Waals surface area contributed by atoms with Gasteiger partial charge in [0.1, 0.15) is 6.10 Å². The Bertz CT molecular complexity index is 1400. The molecule has 40 heavy (non-hydrogen) atoms. The first-order valence-corrected chi connectivity index (χ1v) is 14.1. The van der Waals surface area contributed by atoms with E-state index in [2.05, 4.69) is 5.32 Å². The summed E-state index contributed by atoms with van der Waals surface area (Å²) in [7, 11) is 1.62. The van der Waals surface area contributed by atoms with Crippen molar-refractivity contribution in [3.63, 3.8) is 0 Å². The monoisotopic (exact) mass is 545 g/mol. The highest BCUT2D eigenvalue weighted by atomic mass is 16.7. The maximum absolute atomic E-state index is 14.0. The lowest BCUT2D eigenvalue weighted by Crippen LogP contribution is -2.36. The molecule has 2 aromatic rings. The Hall–Kier alpha value is -3.94. The van der Waals surface area contributed by atoms with Crippen LogP contribution in [0.1, 0.15) is 75.3 Å². The van der Waals surface area contributed by atoms with Gasteiger partial charge in [0.2, 0.25) is 6.79 Å². The fourth-order valence-electron chi connectivity index (χ4n) is 6.41. The molecule has 0 aromatic heterocycles. The van der Waals surface area contributed by atoms with E-state index in [1.165, 1.54) is 0 Å². The van der Waals surface area contributed by atoms with E-state index < -0.39 is 5.92 Å². The highest BCUT2D eigenvalue weighted by molar-refractivity contribution is 6.04. The van der Waals surface area contributed by atoms with Crippen LogP contribution in [0.4, 0.5) is 0 Å². The van der Waals surface area contributed by atoms with Crippen molar-refractivity contribution in [3.05, 3.63) is 70.1 Å². The van der Waals surface area contributed by atoms with Crippen LogP contribution < -0.4 is 24.3 Å². The second kappa shape index (κ2) is 10.9. The smallest absolute Gasteiger partial charge is 0.337 e. The third-order valence-electron chi connectivity index (χ3n) is 8.31. The number of benzene rings is 2. The van der Waals surface area contributed by atoms with E-state index >= 15 is 0 Å². The molecule has 1 fully saturated rings. The van der Waals surface area contributed by atoms with Crippen molar-refractivity contribution in [2.75, 3.05) is 20.5 Å². The minimum atomic E-state index is -0.553. The van der Waals surface area contributed by atoms with Crippen LogP contribution in [0.5, 0.6) is 23.0 Å². The van der Waals surface area contributed by atoms with E-state index in [4.69, 9.17) is 23.7 Å². The zero-order valence-corrected chi connectivity index (χ0v) is 23.2. The van der Waals surface area contributed by atoms with Crippen molar-refractivity contribution < 1.29 is 33.3 Å². The Morgan fingerprint density at radius 2 is 1.77 bits per heavy atom. The summed E-state index contributed by atoms with van der Waals surface area (Å²) in [4.78, 5) is 27.7. The lowest BCUT2D eigenvalue weighted by molar-refractivity contribution is -0.144. The Morgan fingerprint density at radius 1 is 1.00 bits per heavy atom. The molecule has 0 amide bonds. The summed E-state index contributed by atoms with van der Waals surface area (Å²) < 4.78 is 28.4. The summed E-state index contributed by atoms with van der Waals surface area (Å²) in [5, 5.41) is 3.44. The number of fused-ring (bicyclic) bond motifs is 1. The van der Waals surface area contributed by atoms with Gasteiger partial charge in [0.25, 0.3) is 0 Å². The van der Waals surface area contributed by atoms with Gasteiger partial charge in [0.05, 0.1) is 19.3 Å². The van der Waals surface area contributed by atoms with Crippen LogP contribution in [0.25, 0.3) is 0 Å². The molecule has 8 heteroatoms. The van der Waals surface area contributed by atoms with Crippen LogP contribution in [0.2, 0.25) is 0 Å². The summed E-state index contributed by atoms with van der Waals surface area (Å²) >= 11 is 0. The van der Waals surface area contributed by atoms with Crippen LogP contribution in [0.3, 0.4) is 0 Å². The molecule has 2 unspecified atom stereocenters. The molecule has 1 saturated carbocycles. The third-order valence-corrected chi connectivity index (χ3v) is 8.31. The summed E-state index contributed by atoms with van der Waals surface area (Å²) in [6.45, 7) is 4.51. The first-order chi connectivity index (χ1) is 19.5. The summed E-state index contributed by atoms with van der Waals surface area (Å²) in [6, 6.07) is 11.5. The average Bonchev–Trinajstić information content (AvgIpc) is 3.64. The quantitative estimate of drug-likeness (QED) is 0.445. The molecular weight excluding hydrogens is 510 g/mol. The van der Waals surface area contributed by atoms with E-state index in [0.29, 0.717) is 59.3 Å². The van der Waals surface area contributed by atoms with Gasteiger partial charge in [-0.25, -0.2) is 4.79 Å². The van der Waals surface area contributed by atoms with Gasteiger partial charge in [-0.05, 0) is 87.3 Å². The number of hydrogen-bond acceptors (Lipinski definition) is 8. The number of rotatable bonds is 7. The predicted octanol–water partition coefficient (Wildman–Crippen LogP) is 5.67. The van der Waals surface area contributed by atoms with Gasteiger partial charge in [0, 0.05) is 29.3 Å². The fraction of sp³-hybridized carbons (Fsp3) is 0.438. The molecule has 2 atom stereocenters. The first kappa shape index (κ1) is 26.3. The van der Waals surface area contributed by atoms with E-state index in [1.807, 2.05) is 50.2 Å². The molecule has 6 rings (SSSR count). The number of allylic oxidation sites excluding steroid dienone is 3. The minimum Gasteiger partial charge on any atom is -0.493 e. The van der Waals surface area contributed by atoms with Crippen molar-refractivity contribution in [3.8, 4) is 23.0 Å². The van der Waals surface area contributed by atoms with Crippen molar-refractivity contribution >= 4 is 11.8 Å². The molecule has 4 aliphatic rings. The molecule has 1 N–H and O–H groups in total. The number of carbonyl (C=O) groups excluding carboxylic acids is 2. The van der Waals surface area contributed by atoms with Gasteiger partial charge < -0.3 is 29.0 Å². The molecule has 210 valence electrons.